The van der Waals surface area contributed by atoms with Crippen LogP contribution in [-0.4, -0.2) is 32.3 Å². The number of benzene rings is 1. The first-order valence-electron chi connectivity index (χ1n) is 7.03. The van der Waals surface area contributed by atoms with E-state index in [2.05, 4.69) is 35.1 Å². The standard InChI is InChI=1S/C16H22BrNO3/c1-16(2)13(8-14(16)20-3)18-9-11-6-5-10(7-12(11)17)15(19)21-4/h5-7,13-14,18H,8-9H2,1-4H3. The lowest BCUT2D eigenvalue weighted by molar-refractivity contribution is -0.0979. The van der Waals surface area contributed by atoms with E-state index < -0.39 is 0 Å². The van der Waals surface area contributed by atoms with Gasteiger partial charge in [-0.1, -0.05) is 35.8 Å². The van der Waals surface area contributed by atoms with Crippen LogP contribution in [-0.2, 0) is 16.0 Å². The van der Waals surface area contributed by atoms with Crippen molar-refractivity contribution in [3.63, 3.8) is 0 Å². The molecular formula is C16H22BrNO3. The Morgan fingerprint density at radius 3 is 2.67 bits per heavy atom. The highest BCUT2D eigenvalue weighted by Gasteiger charge is 2.48. The largest absolute Gasteiger partial charge is 0.465 e. The minimum atomic E-state index is -0.321. The van der Waals surface area contributed by atoms with Crippen molar-refractivity contribution >= 4 is 21.9 Å². The Morgan fingerprint density at radius 1 is 1.43 bits per heavy atom. The SMILES string of the molecule is COC(=O)c1ccc(CNC2CC(OC)C2(C)C)c(Br)c1. The Morgan fingerprint density at radius 2 is 2.14 bits per heavy atom. The molecule has 0 saturated heterocycles. The molecule has 0 amide bonds. The molecule has 1 aromatic rings. The maximum absolute atomic E-state index is 11.5. The van der Waals surface area contributed by atoms with E-state index in [1.165, 1.54) is 7.11 Å². The van der Waals surface area contributed by atoms with Crippen LogP contribution in [0.4, 0.5) is 0 Å². The van der Waals surface area contributed by atoms with Crippen molar-refractivity contribution in [1.82, 2.24) is 5.32 Å². The second kappa shape index (κ2) is 6.46. The zero-order chi connectivity index (χ0) is 15.6. The predicted molar refractivity (Wildman–Crippen MR) is 85.3 cm³/mol. The van der Waals surface area contributed by atoms with E-state index in [4.69, 9.17) is 9.47 Å². The molecule has 21 heavy (non-hydrogen) atoms. The smallest absolute Gasteiger partial charge is 0.337 e. The molecular weight excluding hydrogens is 334 g/mol. The Hall–Kier alpha value is -0.910. The van der Waals surface area contributed by atoms with E-state index >= 15 is 0 Å². The summed E-state index contributed by atoms with van der Waals surface area (Å²) in [7, 11) is 3.15. The van der Waals surface area contributed by atoms with Crippen molar-refractivity contribution in [1.29, 1.82) is 0 Å². The van der Waals surface area contributed by atoms with Gasteiger partial charge < -0.3 is 14.8 Å². The van der Waals surface area contributed by atoms with Crippen molar-refractivity contribution < 1.29 is 14.3 Å². The van der Waals surface area contributed by atoms with Gasteiger partial charge in [-0.2, -0.15) is 0 Å². The summed E-state index contributed by atoms with van der Waals surface area (Å²) in [4.78, 5) is 11.5. The van der Waals surface area contributed by atoms with Crippen LogP contribution in [0.5, 0.6) is 0 Å². The number of carbonyl (C=O) groups is 1. The topological polar surface area (TPSA) is 47.6 Å². The second-order valence-electron chi connectivity index (χ2n) is 6.01. The lowest BCUT2D eigenvalue weighted by Crippen LogP contribution is -2.60. The number of carbonyl (C=O) groups excluding carboxylic acids is 1. The van der Waals surface area contributed by atoms with Gasteiger partial charge in [0.15, 0.2) is 0 Å². The van der Waals surface area contributed by atoms with Crippen LogP contribution in [0.25, 0.3) is 0 Å². The van der Waals surface area contributed by atoms with Gasteiger partial charge in [-0.05, 0) is 24.1 Å². The minimum Gasteiger partial charge on any atom is -0.465 e. The molecule has 0 spiro atoms. The predicted octanol–water partition coefficient (Wildman–Crippen LogP) is 3.14. The molecule has 1 aliphatic carbocycles. The molecule has 1 aromatic carbocycles. The molecule has 4 nitrogen and oxygen atoms in total. The van der Waals surface area contributed by atoms with Crippen molar-refractivity contribution in [2.24, 2.45) is 5.41 Å². The Kier molecular flexibility index (Phi) is 5.07. The fourth-order valence-corrected chi connectivity index (χ4v) is 3.32. The Balaban J connectivity index is 1.97. The Labute approximate surface area is 134 Å². The summed E-state index contributed by atoms with van der Waals surface area (Å²) >= 11 is 3.52. The van der Waals surface area contributed by atoms with Gasteiger partial charge in [0, 0.05) is 29.6 Å². The number of ether oxygens (including phenoxy) is 2. The number of methoxy groups -OCH3 is 2. The highest BCUT2D eigenvalue weighted by atomic mass is 79.9. The van der Waals surface area contributed by atoms with Gasteiger partial charge in [-0.15, -0.1) is 0 Å². The van der Waals surface area contributed by atoms with Crippen LogP contribution >= 0.6 is 15.9 Å². The van der Waals surface area contributed by atoms with E-state index in [9.17, 15) is 4.79 Å². The van der Waals surface area contributed by atoms with E-state index in [-0.39, 0.29) is 11.4 Å². The first-order valence-corrected chi connectivity index (χ1v) is 7.82. The average molecular weight is 356 g/mol. The summed E-state index contributed by atoms with van der Waals surface area (Å²) in [5.74, 6) is -0.321. The zero-order valence-corrected chi connectivity index (χ0v) is 14.5. The maximum atomic E-state index is 11.5. The third-order valence-electron chi connectivity index (χ3n) is 4.48. The number of esters is 1. The van der Waals surface area contributed by atoms with Crippen molar-refractivity contribution in [2.75, 3.05) is 14.2 Å². The number of nitrogens with one attached hydrogen (secondary N) is 1. The molecule has 1 saturated carbocycles. The molecule has 2 unspecified atom stereocenters. The van der Waals surface area contributed by atoms with Crippen molar-refractivity contribution in [2.45, 2.75) is 39.0 Å². The molecule has 1 fully saturated rings. The number of hydrogen-bond donors (Lipinski definition) is 1. The van der Waals surface area contributed by atoms with Gasteiger partial charge >= 0.3 is 5.97 Å². The van der Waals surface area contributed by atoms with Crippen LogP contribution in [0.2, 0.25) is 0 Å². The monoisotopic (exact) mass is 355 g/mol. The molecule has 2 rings (SSSR count). The normalized spacial score (nSPS) is 23.5. The minimum absolute atomic E-state index is 0.146. The summed E-state index contributed by atoms with van der Waals surface area (Å²) in [6.07, 6.45) is 1.35. The Bertz CT molecular complexity index is 530. The van der Waals surface area contributed by atoms with Crippen LogP contribution in [0.1, 0.15) is 36.2 Å². The maximum Gasteiger partial charge on any atom is 0.337 e. The molecule has 1 aliphatic rings. The molecule has 0 radical (unpaired) electrons. The first-order chi connectivity index (χ1) is 9.90. The molecule has 5 heteroatoms. The summed E-state index contributed by atoms with van der Waals surface area (Å²) in [6, 6.07) is 5.97. The molecule has 1 N–H and O–H groups in total. The molecule has 0 aliphatic heterocycles. The fourth-order valence-electron chi connectivity index (χ4n) is 2.80. The van der Waals surface area contributed by atoms with Gasteiger partial charge in [0.1, 0.15) is 0 Å². The van der Waals surface area contributed by atoms with Gasteiger partial charge in [0.05, 0.1) is 18.8 Å². The third kappa shape index (κ3) is 3.30. The molecule has 0 heterocycles. The molecule has 116 valence electrons. The van der Waals surface area contributed by atoms with Crippen molar-refractivity contribution in [3.8, 4) is 0 Å². The van der Waals surface area contributed by atoms with E-state index in [0.29, 0.717) is 17.7 Å². The van der Waals surface area contributed by atoms with Gasteiger partial charge in [0.25, 0.3) is 0 Å². The van der Waals surface area contributed by atoms with Crippen molar-refractivity contribution in [3.05, 3.63) is 33.8 Å². The van der Waals surface area contributed by atoms with Gasteiger partial charge in [0.2, 0.25) is 0 Å². The molecule has 0 bridgehead atoms. The van der Waals surface area contributed by atoms with E-state index in [1.807, 2.05) is 6.07 Å². The fraction of sp³-hybridized carbons (Fsp3) is 0.562. The first kappa shape index (κ1) is 16.5. The highest BCUT2D eigenvalue weighted by Crippen LogP contribution is 2.42. The summed E-state index contributed by atoms with van der Waals surface area (Å²) < 4.78 is 11.1. The number of hydrogen-bond acceptors (Lipinski definition) is 4. The summed E-state index contributed by atoms with van der Waals surface area (Å²) in [5.41, 5.74) is 1.82. The van der Waals surface area contributed by atoms with Crippen LogP contribution in [0.15, 0.2) is 22.7 Å². The average Bonchev–Trinajstić information content (AvgIpc) is 2.46. The van der Waals surface area contributed by atoms with Gasteiger partial charge in [-0.25, -0.2) is 4.79 Å². The second-order valence-corrected chi connectivity index (χ2v) is 6.87. The van der Waals surface area contributed by atoms with Crippen LogP contribution in [0.3, 0.4) is 0 Å². The third-order valence-corrected chi connectivity index (χ3v) is 5.21. The highest BCUT2D eigenvalue weighted by molar-refractivity contribution is 9.10. The quantitative estimate of drug-likeness (QED) is 0.824. The zero-order valence-electron chi connectivity index (χ0n) is 12.9. The molecule has 2 atom stereocenters. The number of halogens is 1. The summed E-state index contributed by atoms with van der Waals surface area (Å²) in [6.45, 7) is 5.20. The summed E-state index contributed by atoms with van der Waals surface area (Å²) in [5, 5.41) is 3.57. The number of rotatable bonds is 5. The van der Waals surface area contributed by atoms with E-state index in [0.717, 1.165) is 23.0 Å². The lowest BCUT2D eigenvalue weighted by Gasteiger charge is -2.51. The van der Waals surface area contributed by atoms with Crippen LogP contribution in [0, 0.1) is 5.41 Å². The lowest BCUT2D eigenvalue weighted by atomic mass is 9.64. The van der Waals surface area contributed by atoms with E-state index in [1.54, 1.807) is 19.2 Å². The van der Waals surface area contributed by atoms with Crippen LogP contribution < -0.4 is 5.32 Å². The molecule has 0 aromatic heterocycles. The van der Waals surface area contributed by atoms with Gasteiger partial charge in [-0.3, -0.25) is 0 Å².